The second-order valence-electron chi connectivity index (χ2n) is 3.88. The molecule has 1 atom stereocenters. The Morgan fingerprint density at radius 3 is 2.75 bits per heavy atom. The van der Waals surface area contributed by atoms with Gasteiger partial charge in [0.1, 0.15) is 5.75 Å². The van der Waals surface area contributed by atoms with Crippen molar-refractivity contribution < 1.29 is 4.74 Å². The molecule has 0 bridgehead atoms. The number of hydrogen-bond acceptors (Lipinski definition) is 1. The SMILES string of the molecule is CCCC(Cl)CCc1cc(OC)ccc1Br. The van der Waals surface area contributed by atoms with Gasteiger partial charge in [-0.15, -0.1) is 11.6 Å². The van der Waals surface area contributed by atoms with Crippen LogP contribution in [0.4, 0.5) is 0 Å². The van der Waals surface area contributed by atoms with Gasteiger partial charge in [-0.3, -0.25) is 0 Å². The minimum atomic E-state index is 0.281. The van der Waals surface area contributed by atoms with Crippen LogP contribution in [0.1, 0.15) is 31.7 Å². The molecule has 0 heterocycles. The Morgan fingerprint density at radius 2 is 2.12 bits per heavy atom. The fourth-order valence-electron chi connectivity index (χ4n) is 1.64. The van der Waals surface area contributed by atoms with Gasteiger partial charge in [-0.1, -0.05) is 29.3 Å². The van der Waals surface area contributed by atoms with Gasteiger partial charge in [0, 0.05) is 9.85 Å². The molecule has 1 aromatic rings. The zero-order valence-corrected chi connectivity index (χ0v) is 12.1. The summed E-state index contributed by atoms with van der Waals surface area (Å²) in [5, 5.41) is 0.281. The largest absolute Gasteiger partial charge is 0.497 e. The van der Waals surface area contributed by atoms with E-state index in [1.165, 1.54) is 5.56 Å². The highest BCUT2D eigenvalue weighted by atomic mass is 79.9. The Balaban J connectivity index is 2.58. The average molecular weight is 306 g/mol. The van der Waals surface area contributed by atoms with Crippen molar-refractivity contribution in [1.82, 2.24) is 0 Å². The van der Waals surface area contributed by atoms with Gasteiger partial charge in [0.05, 0.1) is 7.11 Å². The van der Waals surface area contributed by atoms with Crippen molar-refractivity contribution in [3.63, 3.8) is 0 Å². The second kappa shape index (κ2) is 7.18. The molecule has 1 rings (SSSR count). The van der Waals surface area contributed by atoms with E-state index in [2.05, 4.69) is 28.9 Å². The molecule has 0 saturated heterocycles. The minimum absolute atomic E-state index is 0.281. The molecule has 3 heteroatoms. The van der Waals surface area contributed by atoms with E-state index in [-0.39, 0.29) is 5.38 Å². The fourth-order valence-corrected chi connectivity index (χ4v) is 2.41. The summed E-state index contributed by atoms with van der Waals surface area (Å²) >= 11 is 9.76. The van der Waals surface area contributed by atoms with Gasteiger partial charge in [-0.05, 0) is 43.0 Å². The third kappa shape index (κ3) is 4.34. The summed E-state index contributed by atoms with van der Waals surface area (Å²) in [6, 6.07) is 6.05. The summed E-state index contributed by atoms with van der Waals surface area (Å²) in [7, 11) is 1.69. The highest BCUT2D eigenvalue weighted by Gasteiger charge is 2.07. The lowest BCUT2D eigenvalue weighted by atomic mass is 10.1. The number of alkyl halides is 1. The smallest absolute Gasteiger partial charge is 0.119 e. The number of halogens is 2. The fraction of sp³-hybridized carbons (Fsp3) is 0.538. The van der Waals surface area contributed by atoms with Crippen LogP contribution < -0.4 is 4.74 Å². The van der Waals surface area contributed by atoms with Gasteiger partial charge in [0.25, 0.3) is 0 Å². The van der Waals surface area contributed by atoms with Crippen LogP contribution in [0.5, 0.6) is 5.75 Å². The van der Waals surface area contributed by atoms with Crippen LogP contribution in [0.3, 0.4) is 0 Å². The number of hydrogen-bond donors (Lipinski definition) is 0. The molecule has 0 aromatic heterocycles. The summed E-state index contributed by atoms with van der Waals surface area (Å²) in [5.74, 6) is 0.903. The normalized spacial score (nSPS) is 12.5. The second-order valence-corrected chi connectivity index (χ2v) is 5.35. The predicted molar refractivity (Wildman–Crippen MR) is 73.6 cm³/mol. The molecule has 90 valence electrons. The molecule has 0 aliphatic heterocycles. The van der Waals surface area contributed by atoms with Crippen LogP contribution in [0.15, 0.2) is 22.7 Å². The standard InChI is InChI=1S/C13H18BrClO/c1-3-4-11(15)6-5-10-9-12(16-2)7-8-13(10)14/h7-9,11H,3-6H2,1-2H3. The number of ether oxygens (including phenoxy) is 1. The molecule has 1 nitrogen and oxygen atoms in total. The summed E-state index contributed by atoms with van der Waals surface area (Å²) in [5.41, 5.74) is 1.26. The Bertz CT molecular complexity index is 328. The van der Waals surface area contributed by atoms with E-state index in [1.807, 2.05) is 12.1 Å². The summed E-state index contributed by atoms with van der Waals surface area (Å²) in [4.78, 5) is 0. The van der Waals surface area contributed by atoms with E-state index < -0.39 is 0 Å². The van der Waals surface area contributed by atoms with Crippen LogP contribution >= 0.6 is 27.5 Å². The lowest BCUT2D eigenvalue weighted by Gasteiger charge is -2.10. The molecule has 0 aliphatic rings. The highest BCUT2D eigenvalue weighted by Crippen LogP contribution is 2.25. The Morgan fingerprint density at radius 1 is 1.38 bits per heavy atom. The molecular weight excluding hydrogens is 287 g/mol. The Kier molecular flexibility index (Phi) is 6.22. The maximum atomic E-state index is 6.21. The van der Waals surface area contributed by atoms with Gasteiger partial charge >= 0.3 is 0 Å². The first-order chi connectivity index (χ1) is 7.67. The lowest BCUT2D eigenvalue weighted by molar-refractivity contribution is 0.414. The maximum absolute atomic E-state index is 6.21. The van der Waals surface area contributed by atoms with Crippen molar-refractivity contribution in [1.29, 1.82) is 0 Å². The summed E-state index contributed by atoms with van der Waals surface area (Å²) in [6.45, 7) is 2.16. The average Bonchev–Trinajstić information content (AvgIpc) is 2.28. The van der Waals surface area contributed by atoms with Crippen LogP contribution in [0.25, 0.3) is 0 Å². The topological polar surface area (TPSA) is 9.23 Å². The van der Waals surface area contributed by atoms with E-state index in [1.54, 1.807) is 7.11 Å². The number of methoxy groups -OCH3 is 1. The highest BCUT2D eigenvalue weighted by molar-refractivity contribution is 9.10. The molecule has 0 saturated carbocycles. The molecule has 0 spiro atoms. The van der Waals surface area contributed by atoms with E-state index in [0.29, 0.717) is 0 Å². The number of aryl methyl sites for hydroxylation is 1. The van der Waals surface area contributed by atoms with E-state index in [0.717, 1.165) is 35.9 Å². The van der Waals surface area contributed by atoms with Crippen LogP contribution in [0, 0.1) is 0 Å². The third-order valence-corrected chi connectivity index (χ3v) is 3.79. The van der Waals surface area contributed by atoms with Crippen molar-refractivity contribution in [2.75, 3.05) is 7.11 Å². The summed E-state index contributed by atoms with van der Waals surface area (Å²) < 4.78 is 6.34. The van der Waals surface area contributed by atoms with Crippen LogP contribution in [-0.2, 0) is 6.42 Å². The van der Waals surface area contributed by atoms with Crippen LogP contribution in [-0.4, -0.2) is 12.5 Å². The number of rotatable bonds is 6. The van der Waals surface area contributed by atoms with Gasteiger partial charge in [0.15, 0.2) is 0 Å². The van der Waals surface area contributed by atoms with Gasteiger partial charge in [-0.2, -0.15) is 0 Å². The molecule has 0 amide bonds. The molecule has 0 aliphatic carbocycles. The monoisotopic (exact) mass is 304 g/mol. The van der Waals surface area contributed by atoms with E-state index in [9.17, 15) is 0 Å². The minimum Gasteiger partial charge on any atom is -0.497 e. The first-order valence-electron chi connectivity index (χ1n) is 5.63. The van der Waals surface area contributed by atoms with Gasteiger partial charge < -0.3 is 4.74 Å². The molecule has 0 N–H and O–H groups in total. The summed E-state index contributed by atoms with van der Waals surface area (Å²) in [6.07, 6.45) is 4.24. The van der Waals surface area contributed by atoms with E-state index in [4.69, 9.17) is 16.3 Å². The molecular formula is C13H18BrClO. The maximum Gasteiger partial charge on any atom is 0.119 e. The first kappa shape index (κ1) is 13.9. The molecule has 16 heavy (non-hydrogen) atoms. The van der Waals surface area contributed by atoms with E-state index >= 15 is 0 Å². The van der Waals surface area contributed by atoms with Crippen molar-refractivity contribution in [2.24, 2.45) is 0 Å². The van der Waals surface area contributed by atoms with Crippen molar-refractivity contribution >= 4 is 27.5 Å². The van der Waals surface area contributed by atoms with Crippen molar-refractivity contribution in [3.8, 4) is 5.75 Å². The predicted octanol–water partition coefficient (Wildman–Crippen LogP) is 4.80. The lowest BCUT2D eigenvalue weighted by Crippen LogP contribution is -2.00. The Hall–Kier alpha value is -0.210. The van der Waals surface area contributed by atoms with Crippen molar-refractivity contribution in [2.45, 2.75) is 38.0 Å². The van der Waals surface area contributed by atoms with Gasteiger partial charge in [-0.25, -0.2) is 0 Å². The third-order valence-electron chi connectivity index (χ3n) is 2.58. The van der Waals surface area contributed by atoms with Gasteiger partial charge in [0.2, 0.25) is 0 Å². The van der Waals surface area contributed by atoms with Crippen LogP contribution in [0.2, 0.25) is 0 Å². The zero-order valence-electron chi connectivity index (χ0n) is 9.80. The molecule has 1 aromatic carbocycles. The first-order valence-corrected chi connectivity index (χ1v) is 6.86. The number of benzene rings is 1. The molecule has 0 radical (unpaired) electrons. The quantitative estimate of drug-likeness (QED) is 0.686. The molecule has 0 fully saturated rings. The zero-order chi connectivity index (χ0) is 12.0. The molecule has 1 unspecified atom stereocenters. The Labute approximate surface area is 111 Å². The van der Waals surface area contributed by atoms with Crippen molar-refractivity contribution in [3.05, 3.63) is 28.2 Å².